The van der Waals surface area contributed by atoms with E-state index >= 15 is 0 Å². The molecule has 1 unspecified atom stereocenters. The molecule has 0 saturated heterocycles. The molecule has 0 aliphatic rings. The van der Waals surface area contributed by atoms with Gasteiger partial charge in [0.2, 0.25) is 0 Å². The molecule has 107 valence electrons. The van der Waals surface area contributed by atoms with Crippen LogP contribution in [0.25, 0.3) is 0 Å². The van der Waals surface area contributed by atoms with Crippen molar-refractivity contribution in [2.75, 3.05) is 0 Å². The number of hydrogen-bond acceptors (Lipinski definition) is 2. The minimum atomic E-state index is 0.299. The van der Waals surface area contributed by atoms with Crippen LogP contribution in [-0.4, -0.2) is 12.4 Å². The van der Waals surface area contributed by atoms with Crippen molar-refractivity contribution in [1.29, 1.82) is 0 Å². The second kappa shape index (κ2) is 9.22. The molecule has 0 aliphatic carbocycles. The van der Waals surface area contributed by atoms with Gasteiger partial charge in [0.25, 0.3) is 0 Å². The summed E-state index contributed by atoms with van der Waals surface area (Å²) in [5, 5.41) is 4.10. The lowest BCUT2D eigenvalue weighted by Gasteiger charge is -2.28. The molecule has 0 saturated carbocycles. The van der Waals surface area contributed by atoms with Crippen LogP contribution in [0.5, 0.6) is 0 Å². The topological polar surface area (TPSA) is 26.0 Å². The highest BCUT2D eigenvalue weighted by Crippen LogP contribution is 2.37. The normalized spacial score (nSPS) is 14.3. The summed E-state index contributed by atoms with van der Waals surface area (Å²) < 4.78 is 4.94. The molecule has 0 fully saturated rings. The number of unbranched alkanes of at least 4 members (excludes halogenated alkanes) is 5. The maximum atomic E-state index is 4.94. The molecule has 1 aromatic rings. The fourth-order valence-electron chi connectivity index (χ4n) is 2.67. The predicted octanol–water partition coefficient (Wildman–Crippen LogP) is 4.73. The Kier molecular flexibility index (Phi) is 7.93. The highest BCUT2D eigenvalue weighted by molar-refractivity contribution is 6.56. The van der Waals surface area contributed by atoms with Crippen LogP contribution in [0, 0.1) is 0 Å². The number of rotatable bonds is 11. The van der Waals surface area contributed by atoms with Gasteiger partial charge in [0.15, 0.2) is 7.28 Å². The summed E-state index contributed by atoms with van der Waals surface area (Å²) in [5.74, 6) is 0. The van der Waals surface area contributed by atoms with Gasteiger partial charge in [-0.2, -0.15) is 0 Å². The molecule has 3 heteroatoms. The van der Waals surface area contributed by atoms with E-state index in [2.05, 4.69) is 33.2 Å². The summed E-state index contributed by atoms with van der Waals surface area (Å²) in [7, 11) is 2.36. The van der Waals surface area contributed by atoms with Crippen LogP contribution >= 0.6 is 0 Å². The smallest absolute Gasteiger partial charge is 0.165 e. The van der Waals surface area contributed by atoms with Crippen LogP contribution in [0.1, 0.15) is 78.6 Å². The van der Waals surface area contributed by atoms with E-state index < -0.39 is 0 Å². The molecule has 19 heavy (non-hydrogen) atoms. The standard InChI is InChI=1S/C16H29BNO/c1-4-6-8-9-10-12-16(3,11-7-5-2)17-15-13-18-19-14-15/h13-14H,4-12H2,1-3H3. The Balaban J connectivity index is 2.40. The van der Waals surface area contributed by atoms with Gasteiger partial charge in [-0.05, 0) is 5.46 Å². The molecule has 0 amide bonds. The first-order valence-electron chi connectivity index (χ1n) is 7.95. The van der Waals surface area contributed by atoms with Crippen molar-refractivity contribution in [3.63, 3.8) is 0 Å². The number of aromatic nitrogens is 1. The van der Waals surface area contributed by atoms with E-state index in [1.165, 1.54) is 57.8 Å². The van der Waals surface area contributed by atoms with Crippen molar-refractivity contribution in [3.05, 3.63) is 12.5 Å². The van der Waals surface area contributed by atoms with Crippen molar-refractivity contribution >= 4 is 12.7 Å². The SMILES string of the molecule is CCCCCCCC(C)([B]c1cnoc1)CCCC. The van der Waals surface area contributed by atoms with Gasteiger partial charge in [-0.25, -0.2) is 0 Å². The maximum Gasteiger partial charge on any atom is 0.165 e. The Hall–Kier alpha value is -0.725. The third-order valence-electron chi connectivity index (χ3n) is 3.92. The number of nitrogens with zero attached hydrogens (tertiary/aromatic N) is 1. The lowest BCUT2D eigenvalue weighted by atomic mass is 9.47. The Morgan fingerprint density at radius 3 is 2.37 bits per heavy atom. The molecule has 1 rings (SSSR count). The van der Waals surface area contributed by atoms with Gasteiger partial charge in [0, 0.05) is 0 Å². The van der Waals surface area contributed by atoms with Crippen molar-refractivity contribution in [2.24, 2.45) is 0 Å². The molecular formula is C16H29BNO. The molecule has 1 heterocycles. The average molecular weight is 262 g/mol. The molecule has 0 spiro atoms. The van der Waals surface area contributed by atoms with E-state index in [9.17, 15) is 0 Å². The van der Waals surface area contributed by atoms with Crippen molar-refractivity contribution < 1.29 is 4.52 Å². The average Bonchev–Trinajstić information content (AvgIpc) is 2.89. The van der Waals surface area contributed by atoms with Crippen molar-refractivity contribution in [2.45, 2.75) is 83.9 Å². The van der Waals surface area contributed by atoms with Crippen LogP contribution in [-0.2, 0) is 0 Å². The minimum absolute atomic E-state index is 0.299. The quantitative estimate of drug-likeness (QED) is 0.425. The van der Waals surface area contributed by atoms with Crippen molar-refractivity contribution in [3.8, 4) is 0 Å². The van der Waals surface area contributed by atoms with Gasteiger partial charge >= 0.3 is 0 Å². The Morgan fingerprint density at radius 1 is 1.05 bits per heavy atom. The third-order valence-corrected chi connectivity index (χ3v) is 3.92. The summed E-state index contributed by atoms with van der Waals surface area (Å²) in [4.78, 5) is 0. The van der Waals surface area contributed by atoms with Gasteiger partial charge in [0.1, 0.15) is 6.26 Å². The van der Waals surface area contributed by atoms with Gasteiger partial charge in [-0.1, -0.05) is 89.0 Å². The molecule has 0 aliphatic heterocycles. The highest BCUT2D eigenvalue weighted by atomic mass is 16.5. The molecule has 1 radical (unpaired) electrons. The van der Waals surface area contributed by atoms with Crippen LogP contribution in [0.3, 0.4) is 0 Å². The largest absolute Gasteiger partial charge is 0.365 e. The minimum Gasteiger partial charge on any atom is -0.365 e. The van der Waals surface area contributed by atoms with Gasteiger partial charge in [0.05, 0.1) is 6.20 Å². The lowest BCUT2D eigenvalue weighted by Crippen LogP contribution is -2.27. The van der Waals surface area contributed by atoms with Crippen molar-refractivity contribution in [1.82, 2.24) is 5.16 Å². The summed E-state index contributed by atoms with van der Waals surface area (Å²) in [6, 6.07) is 0. The summed E-state index contributed by atoms with van der Waals surface area (Å²) in [6.45, 7) is 6.92. The first-order chi connectivity index (χ1) is 9.20. The molecule has 0 bridgehead atoms. The lowest BCUT2D eigenvalue weighted by molar-refractivity contribution is 0.420. The summed E-state index contributed by atoms with van der Waals surface area (Å²) in [6.07, 6.45) is 15.5. The Bertz CT molecular complexity index is 313. The third kappa shape index (κ3) is 6.84. The first kappa shape index (κ1) is 16.3. The number of hydrogen-bond donors (Lipinski definition) is 0. The van der Waals surface area contributed by atoms with Crippen LogP contribution in [0.4, 0.5) is 0 Å². The monoisotopic (exact) mass is 262 g/mol. The van der Waals surface area contributed by atoms with Crippen LogP contribution in [0.2, 0.25) is 5.31 Å². The molecule has 1 aromatic heterocycles. The van der Waals surface area contributed by atoms with E-state index in [1.54, 1.807) is 6.26 Å². The molecule has 0 aromatic carbocycles. The highest BCUT2D eigenvalue weighted by Gasteiger charge is 2.25. The second-order valence-electron chi connectivity index (χ2n) is 6.02. The van der Waals surface area contributed by atoms with E-state index in [1.807, 2.05) is 6.20 Å². The molecule has 2 nitrogen and oxygen atoms in total. The van der Waals surface area contributed by atoms with Gasteiger partial charge in [-0.15, -0.1) is 0 Å². The Labute approximate surface area is 119 Å². The zero-order valence-electron chi connectivity index (χ0n) is 13.0. The fraction of sp³-hybridized carbons (Fsp3) is 0.812. The summed E-state index contributed by atoms with van der Waals surface area (Å²) in [5.41, 5.74) is 1.13. The summed E-state index contributed by atoms with van der Waals surface area (Å²) >= 11 is 0. The maximum absolute atomic E-state index is 4.94. The van der Waals surface area contributed by atoms with E-state index in [0.29, 0.717) is 5.31 Å². The predicted molar refractivity (Wildman–Crippen MR) is 83.2 cm³/mol. The van der Waals surface area contributed by atoms with Crippen LogP contribution in [0.15, 0.2) is 17.0 Å². The molecule has 0 N–H and O–H groups in total. The fourth-order valence-corrected chi connectivity index (χ4v) is 2.67. The van der Waals surface area contributed by atoms with E-state index in [4.69, 9.17) is 4.52 Å². The zero-order chi connectivity index (χ0) is 14.0. The van der Waals surface area contributed by atoms with Crippen LogP contribution < -0.4 is 5.46 Å². The zero-order valence-corrected chi connectivity index (χ0v) is 13.0. The molecule has 1 atom stereocenters. The van der Waals surface area contributed by atoms with Gasteiger partial charge in [-0.3, -0.25) is 0 Å². The molecular weight excluding hydrogens is 233 g/mol. The Morgan fingerprint density at radius 2 is 1.74 bits per heavy atom. The van der Waals surface area contributed by atoms with E-state index in [0.717, 1.165) is 5.46 Å². The van der Waals surface area contributed by atoms with Gasteiger partial charge < -0.3 is 4.52 Å². The first-order valence-corrected chi connectivity index (χ1v) is 7.95. The second-order valence-corrected chi connectivity index (χ2v) is 6.02. The van der Waals surface area contributed by atoms with E-state index in [-0.39, 0.29) is 0 Å².